The van der Waals surface area contributed by atoms with Crippen LogP contribution in [0, 0.1) is 12.8 Å². The summed E-state index contributed by atoms with van der Waals surface area (Å²) in [5, 5.41) is 3.07. The Labute approximate surface area is 207 Å². The van der Waals surface area contributed by atoms with Crippen LogP contribution in [0.4, 0.5) is 8.78 Å². The second-order valence-electron chi connectivity index (χ2n) is 9.65. The Morgan fingerprint density at radius 2 is 1.97 bits per heavy atom. The lowest BCUT2D eigenvalue weighted by molar-refractivity contribution is -0.129. The molecule has 0 atom stereocenters. The lowest BCUT2D eigenvalue weighted by atomic mass is 10.0. The Morgan fingerprint density at radius 1 is 1.22 bits per heavy atom. The van der Waals surface area contributed by atoms with Crippen LogP contribution in [0.2, 0.25) is 0 Å². The summed E-state index contributed by atoms with van der Waals surface area (Å²) in [6, 6.07) is 4.20. The number of aromatic amines is 1. The van der Waals surface area contributed by atoms with Gasteiger partial charge in [0.25, 0.3) is 12.3 Å². The van der Waals surface area contributed by atoms with E-state index in [2.05, 4.69) is 20.3 Å². The molecule has 2 amide bonds. The Morgan fingerprint density at radius 3 is 2.64 bits per heavy atom. The van der Waals surface area contributed by atoms with Gasteiger partial charge in [-0.15, -0.1) is 0 Å². The lowest BCUT2D eigenvalue weighted by Gasteiger charge is -2.31. The van der Waals surface area contributed by atoms with Gasteiger partial charge in [0.1, 0.15) is 11.3 Å². The summed E-state index contributed by atoms with van der Waals surface area (Å²) in [5.74, 6) is 0.921. The van der Waals surface area contributed by atoms with Crippen LogP contribution in [0.1, 0.15) is 60.6 Å². The first-order valence-electron chi connectivity index (χ1n) is 12.3. The zero-order chi connectivity index (χ0) is 25.4. The van der Waals surface area contributed by atoms with Crippen molar-refractivity contribution >= 4 is 22.8 Å². The molecule has 190 valence electrons. The van der Waals surface area contributed by atoms with Crippen LogP contribution >= 0.6 is 0 Å². The summed E-state index contributed by atoms with van der Waals surface area (Å²) in [6.07, 6.45) is 2.47. The van der Waals surface area contributed by atoms with Crippen molar-refractivity contribution in [1.82, 2.24) is 25.2 Å². The molecule has 1 aromatic carbocycles. The fraction of sp³-hybridized carbons (Fsp3) is 0.462. The van der Waals surface area contributed by atoms with Crippen LogP contribution in [-0.2, 0) is 4.79 Å². The van der Waals surface area contributed by atoms with Gasteiger partial charge >= 0.3 is 0 Å². The predicted molar refractivity (Wildman–Crippen MR) is 130 cm³/mol. The van der Waals surface area contributed by atoms with Gasteiger partial charge in [-0.05, 0) is 56.7 Å². The van der Waals surface area contributed by atoms with Crippen molar-refractivity contribution in [2.24, 2.45) is 5.92 Å². The molecular weight excluding hydrogens is 468 g/mol. The van der Waals surface area contributed by atoms with E-state index in [1.165, 1.54) is 18.2 Å². The summed E-state index contributed by atoms with van der Waals surface area (Å²) >= 11 is 0. The normalized spacial score (nSPS) is 16.5. The number of piperidine rings is 1. The topological polar surface area (TPSA) is 100 Å². The molecule has 0 unspecified atom stereocenters. The van der Waals surface area contributed by atoms with E-state index in [0.29, 0.717) is 72.1 Å². The molecule has 2 aromatic heterocycles. The lowest BCUT2D eigenvalue weighted by Crippen LogP contribution is -2.46. The Kier molecular flexibility index (Phi) is 6.59. The van der Waals surface area contributed by atoms with E-state index in [4.69, 9.17) is 4.74 Å². The largest absolute Gasteiger partial charge is 0.493 e. The molecule has 8 nitrogen and oxygen atoms in total. The van der Waals surface area contributed by atoms with Crippen molar-refractivity contribution in [3.05, 3.63) is 41.2 Å². The molecule has 36 heavy (non-hydrogen) atoms. The number of H-pyrrole nitrogens is 1. The average molecular weight is 498 g/mol. The van der Waals surface area contributed by atoms with Crippen molar-refractivity contribution < 1.29 is 23.1 Å². The molecule has 2 N–H and O–H groups in total. The molecule has 10 heteroatoms. The van der Waals surface area contributed by atoms with Gasteiger partial charge in [-0.3, -0.25) is 9.59 Å². The Balaban J connectivity index is 1.44. The quantitative estimate of drug-likeness (QED) is 0.504. The molecule has 0 radical (unpaired) electrons. The molecule has 1 aliphatic heterocycles. The van der Waals surface area contributed by atoms with Gasteiger partial charge in [-0.2, -0.15) is 0 Å². The predicted octanol–water partition coefficient (Wildman–Crippen LogP) is 4.40. The van der Waals surface area contributed by atoms with Crippen molar-refractivity contribution in [3.8, 4) is 17.1 Å². The van der Waals surface area contributed by atoms with E-state index in [1.54, 1.807) is 24.9 Å². The fourth-order valence-corrected chi connectivity index (χ4v) is 4.59. The zero-order valence-corrected chi connectivity index (χ0v) is 20.3. The number of nitrogens with one attached hydrogen (secondary N) is 2. The monoisotopic (exact) mass is 497 g/mol. The van der Waals surface area contributed by atoms with Crippen LogP contribution < -0.4 is 10.1 Å². The number of rotatable bonds is 7. The second-order valence-corrected chi connectivity index (χ2v) is 9.65. The molecule has 2 fully saturated rings. The minimum atomic E-state index is -2.64. The van der Waals surface area contributed by atoms with Crippen LogP contribution in [0.5, 0.6) is 5.75 Å². The van der Waals surface area contributed by atoms with Crippen molar-refractivity contribution in [2.45, 2.75) is 52.0 Å². The summed E-state index contributed by atoms with van der Waals surface area (Å²) in [7, 11) is 0. The molecule has 2 aliphatic rings. The number of nitrogens with zero attached hydrogens (tertiary/aromatic N) is 3. The highest BCUT2D eigenvalue weighted by Crippen LogP contribution is 2.36. The van der Waals surface area contributed by atoms with Crippen LogP contribution in [0.25, 0.3) is 22.4 Å². The summed E-state index contributed by atoms with van der Waals surface area (Å²) < 4.78 is 32.9. The number of benzene rings is 1. The fourth-order valence-electron chi connectivity index (χ4n) is 4.59. The second kappa shape index (κ2) is 9.83. The summed E-state index contributed by atoms with van der Waals surface area (Å²) in [5.41, 5.74) is 2.27. The number of carbonyl (C=O) groups is 2. The van der Waals surface area contributed by atoms with Crippen molar-refractivity contribution in [1.29, 1.82) is 0 Å². The highest BCUT2D eigenvalue weighted by atomic mass is 19.3. The summed E-state index contributed by atoms with van der Waals surface area (Å²) in [4.78, 5) is 38.8. The average Bonchev–Trinajstić information content (AvgIpc) is 3.62. The number of alkyl halides is 2. The van der Waals surface area contributed by atoms with Crippen molar-refractivity contribution in [3.63, 3.8) is 0 Å². The Bertz CT molecular complexity index is 1300. The number of halogens is 2. The minimum absolute atomic E-state index is 0.0351. The van der Waals surface area contributed by atoms with Gasteiger partial charge in [0.2, 0.25) is 5.91 Å². The van der Waals surface area contributed by atoms with E-state index in [9.17, 15) is 18.4 Å². The SMILES string of the molecule is CC(=O)N1CCC(NC(=O)c2c(C)[nH]c3cnc(-c4cc(C(F)F)ccc4OCC4CC4)nc23)CC1. The van der Waals surface area contributed by atoms with E-state index in [1.807, 2.05) is 0 Å². The standard InChI is InChI=1S/C26H29F2N5O3/c1-14-22(26(35)31-18-7-9-33(10-8-18)15(2)34)23-20(30-14)12-29-25(32-23)19-11-17(24(27)28)5-6-21(19)36-13-16-3-4-16/h5-6,11-12,16,18,24,30H,3-4,7-10,13H2,1-2H3,(H,31,35). The third-order valence-corrected chi connectivity index (χ3v) is 6.89. The van der Waals surface area contributed by atoms with Gasteiger partial charge in [-0.1, -0.05) is 0 Å². The van der Waals surface area contributed by atoms with E-state index in [0.717, 1.165) is 12.8 Å². The zero-order valence-electron chi connectivity index (χ0n) is 20.3. The molecule has 1 aliphatic carbocycles. The molecule has 3 aromatic rings. The number of amides is 2. The highest BCUT2D eigenvalue weighted by Gasteiger charge is 2.26. The third-order valence-electron chi connectivity index (χ3n) is 6.89. The number of likely N-dealkylation sites (tertiary alicyclic amines) is 1. The van der Waals surface area contributed by atoms with Crippen LogP contribution in [0.3, 0.4) is 0 Å². The van der Waals surface area contributed by atoms with Gasteiger partial charge in [0.05, 0.1) is 29.4 Å². The van der Waals surface area contributed by atoms with E-state index in [-0.39, 0.29) is 29.2 Å². The number of hydrogen-bond donors (Lipinski definition) is 2. The first-order chi connectivity index (χ1) is 17.3. The van der Waals surface area contributed by atoms with E-state index < -0.39 is 6.43 Å². The minimum Gasteiger partial charge on any atom is -0.493 e. The number of ether oxygens (including phenoxy) is 1. The van der Waals surface area contributed by atoms with Gasteiger partial charge in [0.15, 0.2) is 5.82 Å². The van der Waals surface area contributed by atoms with E-state index >= 15 is 0 Å². The van der Waals surface area contributed by atoms with Gasteiger partial charge < -0.3 is 19.9 Å². The number of fused-ring (bicyclic) bond motifs is 1. The van der Waals surface area contributed by atoms with Crippen molar-refractivity contribution in [2.75, 3.05) is 19.7 Å². The summed E-state index contributed by atoms with van der Waals surface area (Å²) in [6.45, 7) is 5.05. The number of aryl methyl sites for hydroxylation is 1. The highest BCUT2D eigenvalue weighted by molar-refractivity contribution is 6.06. The molecule has 0 bridgehead atoms. The van der Waals surface area contributed by atoms with Crippen LogP contribution in [0.15, 0.2) is 24.4 Å². The van der Waals surface area contributed by atoms with Gasteiger partial charge in [0, 0.05) is 37.3 Å². The maximum atomic E-state index is 13.5. The third kappa shape index (κ3) is 5.03. The number of aromatic nitrogens is 3. The van der Waals surface area contributed by atoms with Gasteiger partial charge in [-0.25, -0.2) is 18.7 Å². The molecule has 5 rings (SSSR count). The number of hydrogen-bond acceptors (Lipinski definition) is 5. The smallest absolute Gasteiger partial charge is 0.263 e. The first kappa shape index (κ1) is 24.1. The maximum Gasteiger partial charge on any atom is 0.263 e. The molecule has 1 saturated heterocycles. The molecular formula is C26H29F2N5O3. The van der Waals surface area contributed by atoms with Crippen LogP contribution in [-0.4, -0.2) is 57.4 Å². The molecule has 3 heterocycles. The molecule has 0 spiro atoms. The number of carbonyl (C=O) groups excluding carboxylic acids is 2. The molecule has 1 saturated carbocycles. The Hall–Kier alpha value is -3.56. The maximum absolute atomic E-state index is 13.5. The first-order valence-corrected chi connectivity index (χ1v) is 12.3.